The van der Waals surface area contributed by atoms with E-state index in [0.29, 0.717) is 15.1 Å². The number of carbonyl (C=O) groups excluding carboxylic acids is 1. The van der Waals surface area contributed by atoms with Crippen LogP contribution < -0.4 is 5.01 Å². The average molecular weight is 622 g/mol. The van der Waals surface area contributed by atoms with Gasteiger partial charge >= 0.3 is 5.00 Å². The van der Waals surface area contributed by atoms with Gasteiger partial charge in [-0.3, -0.25) is 14.9 Å². The number of halogens is 1. The number of rotatable bonds is 13. The van der Waals surface area contributed by atoms with Crippen LogP contribution in [0.25, 0.3) is 10.2 Å². The van der Waals surface area contributed by atoms with Crippen molar-refractivity contribution in [3.8, 4) is 0 Å². The minimum absolute atomic E-state index is 0.0299. The van der Waals surface area contributed by atoms with Crippen LogP contribution in [-0.4, -0.2) is 75.3 Å². The number of thiazole rings is 1. The first kappa shape index (κ1) is 30.3. The highest BCUT2D eigenvalue weighted by Gasteiger charge is 2.26. The molecule has 2 aromatic carbocycles. The highest BCUT2D eigenvalue weighted by atomic mass is 32.2. The van der Waals surface area contributed by atoms with Crippen molar-refractivity contribution in [3.05, 3.63) is 81.0 Å². The molecule has 1 amide bonds. The molecule has 0 aliphatic carbocycles. The highest BCUT2D eigenvalue weighted by Crippen LogP contribution is 2.31. The molecule has 0 saturated heterocycles. The third-order valence-corrected chi connectivity index (χ3v) is 9.51. The van der Waals surface area contributed by atoms with Crippen LogP contribution in [0.3, 0.4) is 0 Å². The van der Waals surface area contributed by atoms with Crippen LogP contribution in [0.15, 0.2) is 64.6 Å². The highest BCUT2D eigenvalue weighted by molar-refractivity contribution is 7.89. The maximum atomic E-state index is 13.8. The van der Waals surface area contributed by atoms with Crippen LogP contribution in [0.4, 0.5) is 14.5 Å². The zero-order chi connectivity index (χ0) is 29.6. The molecule has 0 aliphatic heterocycles. The summed E-state index contributed by atoms with van der Waals surface area (Å²) in [6.07, 6.45) is 1.28. The van der Waals surface area contributed by atoms with E-state index in [4.69, 9.17) is 9.47 Å². The summed E-state index contributed by atoms with van der Waals surface area (Å²) in [5.74, 6) is -1.12. The number of hydrogen-bond donors (Lipinski definition) is 0. The molecular formula is C25H24FN5O7S3. The van der Waals surface area contributed by atoms with Gasteiger partial charge in [0.15, 0.2) is 0 Å². The van der Waals surface area contributed by atoms with Crippen LogP contribution in [0.1, 0.15) is 15.2 Å². The van der Waals surface area contributed by atoms with Crippen LogP contribution in [0, 0.1) is 15.9 Å². The van der Waals surface area contributed by atoms with E-state index in [0.717, 1.165) is 27.7 Å². The number of amides is 1. The molecule has 0 aliphatic rings. The van der Waals surface area contributed by atoms with Crippen molar-refractivity contribution in [3.63, 3.8) is 0 Å². The molecule has 0 bridgehead atoms. The first-order valence-electron chi connectivity index (χ1n) is 11.9. The number of hydrogen-bond acceptors (Lipinski definition) is 11. The Hall–Kier alpha value is -3.67. The topological polar surface area (TPSA) is 145 Å². The summed E-state index contributed by atoms with van der Waals surface area (Å²) in [5.41, 5.74) is 0.545. The van der Waals surface area contributed by atoms with Gasteiger partial charge in [-0.25, -0.2) is 17.8 Å². The number of carbonyl (C=O) groups is 1. The SMILES string of the molecule is COCCN(CCOC)S(=O)(=O)c1ccc(C(=O)N(/N=C/c2ccc([N+](=O)[O-])s2)c2nc3ccc(F)cc3s2)cc1. The van der Waals surface area contributed by atoms with Gasteiger partial charge in [-0.05, 0) is 48.5 Å². The predicted molar refractivity (Wildman–Crippen MR) is 154 cm³/mol. The molecular weight excluding hydrogens is 598 g/mol. The lowest BCUT2D eigenvalue weighted by Crippen LogP contribution is -2.36. The summed E-state index contributed by atoms with van der Waals surface area (Å²) >= 11 is 1.89. The van der Waals surface area contributed by atoms with Gasteiger partial charge in [0.2, 0.25) is 15.2 Å². The molecule has 0 radical (unpaired) electrons. The lowest BCUT2D eigenvalue weighted by Gasteiger charge is -2.21. The molecule has 4 aromatic rings. The summed E-state index contributed by atoms with van der Waals surface area (Å²) in [5, 5.41) is 16.3. The lowest BCUT2D eigenvalue weighted by atomic mass is 10.2. The molecule has 0 unspecified atom stereocenters. The fraction of sp³-hybridized carbons (Fsp3) is 0.240. The molecule has 0 saturated carbocycles. The van der Waals surface area contributed by atoms with Crippen molar-refractivity contribution in [1.82, 2.24) is 9.29 Å². The van der Waals surface area contributed by atoms with E-state index in [1.54, 1.807) is 0 Å². The Morgan fingerprint density at radius 3 is 2.37 bits per heavy atom. The van der Waals surface area contributed by atoms with Crippen molar-refractivity contribution < 1.29 is 32.0 Å². The summed E-state index contributed by atoms with van der Waals surface area (Å²) in [6, 6.07) is 12.1. The predicted octanol–water partition coefficient (Wildman–Crippen LogP) is 4.37. The molecule has 216 valence electrons. The number of ether oxygens (including phenoxy) is 2. The number of methoxy groups -OCH3 is 2. The van der Waals surface area contributed by atoms with E-state index >= 15 is 0 Å². The quantitative estimate of drug-likeness (QED) is 0.122. The second kappa shape index (κ2) is 13.3. The van der Waals surface area contributed by atoms with Crippen LogP contribution in [0.2, 0.25) is 0 Å². The number of aromatic nitrogens is 1. The molecule has 41 heavy (non-hydrogen) atoms. The summed E-state index contributed by atoms with van der Waals surface area (Å²) in [6.45, 7) is 0.604. The zero-order valence-electron chi connectivity index (χ0n) is 21.8. The van der Waals surface area contributed by atoms with E-state index in [9.17, 15) is 27.7 Å². The number of fused-ring (bicyclic) bond motifs is 1. The Morgan fingerprint density at radius 1 is 1.07 bits per heavy atom. The number of benzene rings is 2. The minimum atomic E-state index is -3.91. The van der Waals surface area contributed by atoms with Gasteiger partial charge in [0.25, 0.3) is 5.91 Å². The molecule has 2 heterocycles. The van der Waals surface area contributed by atoms with Crippen molar-refractivity contribution in [2.24, 2.45) is 5.10 Å². The molecule has 16 heteroatoms. The van der Waals surface area contributed by atoms with Gasteiger partial charge in [-0.1, -0.05) is 22.7 Å². The Morgan fingerprint density at radius 2 is 1.76 bits per heavy atom. The second-order valence-electron chi connectivity index (χ2n) is 8.32. The lowest BCUT2D eigenvalue weighted by molar-refractivity contribution is -0.380. The molecule has 2 aromatic heterocycles. The number of nitro groups is 1. The standard InChI is InChI=1S/C25H24FN5O7S3/c1-37-13-11-29(12-14-38-2)41(35,36)20-7-3-17(4-8-20)24(32)30(27-16-19-6-10-23(39-19)31(33)34)25-28-21-9-5-18(26)15-22(21)40-25/h3-10,15-16H,11-14H2,1-2H3/b27-16+. The molecule has 0 N–H and O–H groups in total. The third-order valence-electron chi connectivity index (χ3n) is 5.63. The minimum Gasteiger partial charge on any atom is -0.383 e. The Bertz CT molecular complexity index is 1660. The maximum Gasteiger partial charge on any atom is 0.324 e. The Labute approximate surface area is 242 Å². The smallest absolute Gasteiger partial charge is 0.324 e. The number of sulfonamides is 1. The third kappa shape index (κ3) is 7.16. The number of anilines is 1. The van der Waals surface area contributed by atoms with E-state index in [2.05, 4.69) is 10.1 Å². The van der Waals surface area contributed by atoms with Crippen molar-refractivity contribution in [1.29, 1.82) is 0 Å². The van der Waals surface area contributed by atoms with Gasteiger partial charge in [-0.2, -0.15) is 14.4 Å². The van der Waals surface area contributed by atoms with Crippen molar-refractivity contribution in [2.75, 3.05) is 45.5 Å². The fourth-order valence-corrected chi connectivity index (χ4v) is 6.61. The first-order valence-corrected chi connectivity index (χ1v) is 15.0. The fourth-order valence-electron chi connectivity index (χ4n) is 3.57. The molecule has 4 rings (SSSR count). The van der Waals surface area contributed by atoms with Gasteiger partial charge in [0, 0.05) is 38.9 Å². The van der Waals surface area contributed by atoms with Crippen LogP contribution in [-0.2, 0) is 19.5 Å². The molecule has 0 spiro atoms. The van der Waals surface area contributed by atoms with Gasteiger partial charge in [0.1, 0.15) is 5.82 Å². The van der Waals surface area contributed by atoms with E-state index in [-0.39, 0.29) is 46.9 Å². The number of nitrogens with zero attached hydrogens (tertiary/aromatic N) is 5. The zero-order valence-corrected chi connectivity index (χ0v) is 24.2. The van der Waals surface area contributed by atoms with Crippen molar-refractivity contribution in [2.45, 2.75) is 4.90 Å². The number of thiophene rings is 1. The summed E-state index contributed by atoms with van der Waals surface area (Å²) in [7, 11) is -0.974. The van der Waals surface area contributed by atoms with Crippen molar-refractivity contribution >= 4 is 65.2 Å². The summed E-state index contributed by atoms with van der Waals surface area (Å²) < 4.78 is 52.0. The molecule has 0 atom stereocenters. The molecule has 0 fully saturated rings. The normalized spacial score (nSPS) is 12.0. The van der Waals surface area contributed by atoms with Gasteiger partial charge < -0.3 is 9.47 Å². The number of hydrazone groups is 1. The van der Waals surface area contributed by atoms with Crippen LogP contribution in [0.5, 0.6) is 0 Å². The Balaban J connectivity index is 1.66. The van der Waals surface area contributed by atoms with Gasteiger partial charge in [0.05, 0.1) is 44.3 Å². The van der Waals surface area contributed by atoms with Crippen LogP contribution >= 0.6 is 22.7 Å². The first-order chi connectivity index (χ1) is 19.6. The van der Waals surface area contributed by atoms with Gasteiger partial charge in [-0.15, -0.1) is 0 Å². The van der Waals surface area contributed by atoms with E-state index in [1.807, 2.05) is 0 Å². The Kier molecular flexibility index (Phi) is 9.85. The average Bonchev–Trinajstić information content (AvgIpc) is 3.60. The van der Waals surface area contributed by atoms with E-state index < -0.39 is 26.7 Å². The maximum absolute atomic E-state index is 13.8. The van der Waals surface area contributed by atoms with E-state index in [1.165, 1.54) is 79.3 Å². The molecule has 12 nitrogen and oxygen atoms in total. The monoisotopic (exact) mass is 621 g/mol. The largest absolute Gasteiger partial charge is 0.383 e. The summed E-state index contributed by atoms with van der Waals surface area (Å²) in [4.78, 5) is 28.9. The second-order valence-corrected chi connectivity index (χ2v) is 12.4.